The van der Waals surface area contributed by atoms with Crippen LogP contribution >= 0.6 is 23.4 Å². The Kier molecular flexibility index (Phi) is 8.64. The number of hydrogen-bond donors (Lipinski definition) is 1. The zero-order valence-corrected chi connectivity index (χ0v) is 21.0. The van der Waals surface area contributed by atoms with Crippen LogP contribution in [0.2, 0.25) is 5.02 Å². The summed E-state index contributed by atoms with van der Waals surface area (Å²) in [7, 11) is 1.58. The largest absolute Gasteiger partial charge is 0.497 e. The van der Waals surface area contributed by atoms with Crippen LogP contribution in [-0.2, 0) is 0 Å². The van der Waals surface area contributed by atoms with Gasteiger partial charge in [-0.15, -0.1) is 11.8 Å². The van der Waals surface area contributed by atoms with Gasteiger partial charge in [-0.2, -0.15) is 0 Å². The molecule has 1 aliphatic rings. The second-order valence-electron chi connectivity index (χ2n) is 8.94. The molecule has 182 valence electrons. The Morgan fingerprint density at radius 1 is 1.24 bits per heavy atom. The molecule has 0 amide bonds. The third-order valence-electron chi connectivity index (χ3n) is 6.89. The van der Waals surface area contributed by atoms with E-state index in [2.05, 4.69) is 14.9 Å². The van der Waals surface area contributed by atoms with Gasteiger partial charge in [0.15, 0.2) is 0 Å². The minimum Gasteiger partial charge on any atom is -0.497 e. The van der Waals surface area contributed by atoms with E-state index in [0.29, 0.717) is 40.1 Å². The third-order valence-corrected chi connectivity index (χ3v) is 8.18. The maximum Gasteiger partial charge on any atom is 0.127 e. The summed E-state index contributed by atoms with van der Waals surface area (Å²) in [6.45, 7) is 2.92. The van der Waals surface area contributed by atoms with E-state index in [1.54, 1.807) is 13.2 Å². The highest BCUT2D eigenvalue weighted by Gasteiger charge is 2.35. The molecule has 0 bridgehead atoms. The van der Waals surface area contributed by atoms with E-state index in [1.165, 1.54) is 11.1 Å². The normalized spacial score (nSPS) is 17.1. The van der Waals surface area contributed by atoms with Crippen molar-refractivity contribution in [2.45, 2.75) is 36.8 Å². The predicted molar refractivity (Wildman–Crippen MR) is 137 cm³/mol. The number of pyridine rings is 2. The number of rotatable bonds is 10. The van der Waals surface area contributed by atoms with Gasteiger partial charge in [-0.3, -0.25) is 9.97 Å². The number of methoxy groups -OCH3 is 1. The predicted octanol–water partition coefficient (Wildman–Crippen LogP) is 5.95. The first kappa shape index (κ1) is 25.2. The number of alkyl halides is 1. The van der Waals surface area contributed by atoms with E-state index in [1.807, 2.05) is 48.4 Å². The number of aromatic nitrogens is 2. The van der Waals surface area contributed by atoms with Crippen molar-refractivity contribution in [3.63, 3.8) is 0 Å². The van der Waals surface area contributed by atoms with E-state index >= 15 is 4.39 Å². The van der Waals surface area contributed by atoms with Gasteiger partial charge in [-0.1, -0.05) is 11.6 Å². The lowest BCUT2D eigenvalue weighted by Crippen LogP contribution is -2.42. The molecule has 34 heavy (non-hydrogen) atoms. The van der Waals surface area contributed by atoms with Crippen molar-refractivity contribution >= 4 is 34.3 Å². The van der Waals surface area contributed by atoms with Crippen molar-refractivity contribution in [1.82, 2.24) is 14.9 Å². The fourth-order valence-corrected chi connectivity index (χ4v) is 5.82. The number of benzene rings is 1. The number of hydrogen-bond acceptors (Lipinski definition) is 6. The van der Waals surface area contributed by atoms with Crippen LogP contribution in [0.3, 0.4) is 0 Å². The number of ether oxygens (including phenoxy) is 1. The van der Waals surface area contributed by atoms with Crippen LogP contribution in [0, 0.1) is 5.41 Å². The summed E-state index contributed by atoms with van der Waals surface area (Å²) in [5, 5.41) is 11.2. The molecule has 8 heteroatoms. The molecular formula is C26H31ClFN3O2S. The molecular weight excluding hydrogens is 473 g/mol. The Labute approximate surface area is 209 Å². The molecule has 4 rings (SSSR count). The summed E-state index contributed by atoms with van der Waals surface area (Å²) in [4.78, 5) is 12.0. The topological polar surface area (TPSA) is 58.5 Å². The first-order valence-electron chi connectivity index (χ1n) is 11.7. The van der Waals surface area contributed by atoms with Crippen LogP contribution in [0.15, 0.2) is 53.8 Å². The lowest BCUT2D eigenvalue weighted by atomic mass is 9.74. The molecule has 0 aliphatic carbocycles. The van der Waals surface area contributed by atoms with Gasteiger partial charge >= 0.3 is 0 Å². The highest BCUT2D eigenvalue weighted by Crippen LogP contribution is 2.42. The summed E-state index contributed by atoms with van der Waals surface area (Å²) in [6, 6.07) is 9.47. The molecule has 0 saturated carbocycles. The van der Waals surface area contributed by atoms with E-state index in [0.717, 1.165) is 38.2 Å². The van der Waals surface area contributed by atoms with Crippen molar-refractivity contribution in [3.05, 3.63) is 59.5 Å². The lowest BCUT2D eigenvalue weighted by molar-refractivity contribution is 0.0323. The molecule has 1 saturated heterocycles. The van der Waals surface area contributed by atoms with Gasteiger partial charge in [0.2, 0.25) is 0 Å². The van der Waals surface area contributed by atoms with E-state index in [9.17, 15) is 5.11 Å². The highest BCUT2D eigenvalue weighted by molar-refractivity contribution is 7.99. The second kappa shape index (κ2) is 11.7. The molecule has 5 nitrogen and oxygen atoms in total. The number of halogens is 2. The molecule has 1 aliphatic heterocycles. The van der Waals surface area contributed by atoms with E-state index in [4.69, 9.17) is 16.3 Å². The lowest BCUT2D eigenvalue weighted by Gasteiger charge is -2.41. The van der Waals surface area contributed by atoms with Gasteiger partial charge in [0, 0.05) is 53.3 Å². The number of likely N-dealkylation sites (tertiary alicyclic amines) is 1. The SMILES string of the molecule is COc1ccc2ncc(Cl)c([C@H](F)CCC3(CO)CCN(CCSc4ccncc4)CC3)c2c1. The highest BCUT2D eigenvalue weighted by atomic mass is 35.5. The van der Waals surface area contributed by atoms with Gasteiger partial charge in [-0.05, 0) is 74.5 Å². The summed E-state index contributed by atoms with van der Waals surface area (Å²) in [5.41, 5.74) is 0.911. The van der Waals surface area contributed by atoms with E-state index in [-0.39, 0.29) is 12.0 Å². The van der Waals surface area contributed by atoms with Crippen molar-refractivity contribution in [2.24, 2.45) is 5.41 Å². The number of fused-ring (bicyclic) bond motifs is 1. The van der Waals surface area contributed by atoms with Crippen molar-refractivity contribution < 1.29 is 14.2 Å². The maximum atomic E-state index is 15.6. The first-order valence-corrected chi connectivity index (χ1v) is 13.0. The number of aliphatic hydroxyl groups is 1. The molecule has 0 unspecified atom stereocenters. The van der Waals surface area contributed by atoms with Crippen LogP contribution < -0.4 is 4.74 Å². The second-order valence-corrected chi connectivity index (χ2v) is 10.5. The molecule has 3 heterocycles. The minimum absolute atomic E-state index is 0.0813. The third kappa shape index (κ3) is 6.00. The van der Waals surface area contributed by atoms with Crippen LogP contribution in [0.1, 0.15) is 37.4 Å². The van der Waals surface area contributed by atoms with Crippen LogP contribution in [0.4, 0.5) is 4.39 Å². The van der Waals surface area contributed by atoms with Crippen LogP contribution in [-0.4, -0.2) is 59.1 Å². The Balaban J connectivity index is 1.34. The Morgan fingerprint density at radius 2 is 2.00 bits per heavy atom. The number of nitrogens with zero attached hydrogens (tertiary/aromatic N) is 3. The minimum atomic E-state index is -1.23. The zero-order chi connectivity index (χ0) is 24.0. The smallest absolute Gasteiger partial charge is 0.127 e. The van der Waals surface area contributed by atoms with Gasteiger partial charge in [0.05, 0.1) is 17.6 Å². The Hall–Kier alpha value is -1.93. The molecule has 1 aromatic carbocycles. The van der Waals surface area contributed by atoms with Crippen molar-refractivity contribution in [2.75, 3.05) is 39.1 Å². The molecule has 3 aromatic rings. The quantitative estimate of drug-likeness (QED) is 0.345. The van der Waals surface area contributed by atoms with Gasteiger partial charge in [0.1, 0.15) is 11.9 Å². The fourth-order valence-electron chi connectivity index (χ4n) is 4.66. The molecule has 1 atom stereocenters. The van der Waals surface area contributed by atoms with Crippen LogP contribution in [0.5, 0.6) is 5.75 Å². The van der Waals surface area contributed by atoms with Crippen molar-refractivity contribution in [1.29, 1.82) is 0 Å². The molecule has 1 fully saturated rings. The zero-order valence-electron chi connectivity index (χ0n) is 19.4. The number of thioether (sulfide) groups is 1. The molecule has 1 N–H and O–H groups in total. The van der Waals surface area contributed by atoms with Crippen molar-refractivity contribution in [3.8, 4) is 5.75 Å². The summed E-state index contributed by atoms with van der Waals surface area (Å²) in [5.74, 6) is 1.66. The molecule has 0 radical (unpaired) electrons. The van der Waals surface area contributed by atoms with Gasteiger partial charge < -0.3 is 14.7 Å². The Bertz CT molecular complexity index is 1080. The number of piperidine rings is 1. The molecule has 0 spiro atoms. The first-order chi connectivity index (χ1) is 16.5. The van der Waals surface area contributed by atoms with Crippen LogP contribution in [0.25, 0.3) is 10.9 Å². The standard InChI is InChI=1S/C26H31ClFN3O2S/c1-33-19-2-3-24-21(16-19)25(22(27)17-30-24)23(28)4-7-26(18-32)8-12-31(13-9-26)14-15-34-20-5-10-29-11-6-20/h2-3,5-6,10-11,16-17,23,32H,4,7-9,12-15,18H2,1H3/t23-/m1/s1. The summed E-state index contributed by atoms with van der Waals surface area (Å²) in [6.07, 6.45) is 6.59. The summed E-state index contributed by atoms with van der Waals surface area (Å²) >= 11 is 8.22. The monoisotopic (exact) mass is 503 g/mol. The van der Waals surface area contributed by atoms with Gasteiger partial charge in [-0.25, -0.2) is 4.39 Å². The molecule has 2 aromatic heterocycles. The average molecular weight is 504 g/mol. The average Bonchev–Trinajstić information content (AvgIpc) is 2.88. The van der Waals surface area contributed by atoms with Gasteiger partial charge in [0.25, 0.3) is 0 Å². The number of aliphatic hydroxyl groups excluding tert-OH is 1. The van der Waals surface area contributed by atoms with E-state index < -0.39 is 6.17 Å². The Morgan fingerprint density at radius 3 is 2.71 bits per heavy atom. The maximum absolute atomic E-state index is 15.6. The summed E-state index contributed by atoms with van der Waals surface area (Å²) < 4.78 is 20.9. The fraction of sp³-hybridized carbons (Fsp3) is 0.462.